The second-order valence-electron chi connectivity index (χ2n) is 2.64. The maximum absolute atomic E-state index is 11.1. The molecule has 1 aromatic heterocycles. The molecule has 0 unspecified atom stereocenters. The molecule has 0 atom stereocenters. The van der Waals surface area contributed by atoms with E-state index in [2.05, 4.69) is 0 Å². The van der Waals surface area contributed by atoms with E-state index >= 15 is 0 Å². The van der Waals surface area contributed by atoms with Gasteiger partial charge in [0.1, 0.15) is 6.54 Å². The summed E-state index contributed by atoms with van der Waals surface area (Å²) in [6.07, 6.45) is 3.75. The maximum Gasteiger partial charge on any atom is 0.241 e. The number of amides is 1. The fourth-order valence-corrected chi connectivity index (χ4v) is 0.773. The summed E-state index contributed by atoms with van der Waals surface area (Å²) < 4.78 is 1.85. The van der Waals surface area contributed by atoms with Crippen molar-refractivity contribution >= 4 is 5.91 Å². The van der Waals surface area contributed by atoms with Gasteiger partial charge in [-0.3, -0.25) is 4.79 Å². The van der Waals surface area contributed by atoms with Gasteiger partial charge in [0.05, 0.1) is 0 Å². The molecule has 1 heterocycles. The fourth-order valence-electron chi connectivity index (χ4n) is 0.773. The monoisotopic (exact) mass is 152 g/mol. The summed E-state index contributed by atoms with van der Waals surface area (Å²) in [5.74, 6) is 0.112. The van der Waals surface area contributed by atoms with Gasteiger partial charge in [-0.2, -0.15) is 0 Å². The standard InChI is InChI=1S/C8H12N2O/c1-9(2)8(11)7-10-5-3-4-6-10/h3-6H,7H2,1-2H3. The van der Waals surface area contributed by atoms with Crippen molar-refractivity contribution in [3.05, 3.63) is 24.5 Å². The van der Waals surface area contributed by atoms with Crippen molar-refractivity contribution in [2.45, 2.75) is 6.54 Å². The summed E-state index contributed by atoms with van der Waals surface area (Å²) in [7, 11) is 3.51. The molecule has 0 aromatic carbocycles. The van der Waals surface area contributed by atoms with Crippen LogP contribution in [0.5, 0.6) is 0 Å². The molecule has 0 aliphatic heterocycles. The summed E-state index contributed by atoms with van der Waals surface area (Å²) in [5.41, 5.74) is 0. The van der Waals surface area contributed by atoms with Crippen LogP contribution in [0.3, 0.4) is 0 Å². The van der Waals surface area contributed by atoms with Crippen molar-refractivity contribution in [1.82, 2.24) is 9.47 Å². The minimum Gasteiger partial charge on any atom is -0.347 e. The minimum absolute atomic E-state index is 0.112. The quantitative estimate of drug-likeness (QED) is 0.608. The Morgan fingerprint density at radius 1 is 1.36 bits per heavy atom. The topological polar surface area (TPSA) is 25.2 Å². The van der Waals surface area contributed by atoms with E-state index in [4.69, 9.17) is 0 Å². The summed E-state index contributed by atoms with van der Waals surface area (Å²) in [5, 5.41) is 0. The average molecular weight is 152 g/mol. The predicted molar refractivity (Wildman–Crippen MR) is 43.1 cm³/mol. The smallest absolute Gasteiger partial charge is 0.241 e. The predicted octanol–water partition coefficient (Wildman–Crippen LogP) is 0.576. The lowest BCUT2D eigenvalue weighted by molar-refractivity contribution is -0.129. The summed E-state index contributed by atoms with van der Waals surface area (Å²) >= 11 is 0. The molecule has 0 aliphatic rings. The Labute approximate surface area is 66.2 Å². The van der Waals surface area contributed by atoms with Crippen molar-refractivity contribution in [3.8, 4) is 0 Å². The fraction of sp³-hybridized carbons (Fsp3) is 0.375. The van der Waals surface area contributed by atoms with Crippen molar-refractivity contribution in [2.24, 2.45) is 0 Å². The first-order chi connectivity index (χ1) is 5.20. The molecule has 3 heteroatoms. The van der Waals surface area contributed by atoms with Gasteiger partial charge in [-0.25, -0.2) is 0 Å². The number of likely N-dealkylation sites (N-methyl/N-ethyl adjacent to an activating group) is 1. The first-order valence-corrected chi connectivity index (χ1v) is 3.51. The van der Waals surface area contributed by atoms with E-state index < -0.39 is 0 Å². The molecule has 0 aliphatic carbocycles. The van der Waals surface area contributed by atoms with Crippen molar-refractivity contribution < 1.29 is 4.79 Å². The van der Waals surface area contributed by atoms with Crippen LogP contribution in [0.2, 0.25) is 0 Å². The van der Waals surface area contributed by atoms with E-state index in [1.54, 1.807) is 19.0 Å². The zero-order valence-electron chi connectivity index (χ0n) is 6.82. The normalized spacial score (nSPS) is 9.64. The van der Waals surface area contributed by atoms with Crippen LogP contribution in [0.4, 0.5) is 0 Å². The third-order valence-corrected chi connectivity index (χ3v) is 1.48. The van der Waals surface area contributed by atoms with Gasteiger partial charge in [-0.15, -0.1) is 0 Å². The van der Waals surface area contributed by atoms with Crippen LogP contribution in [0.15, 0.2) is 24.5 Å². The van der Waals surface area contributed by atoms with Crippen LogP contribution in [-0.2, 0) is 11.3 Å². The van der Waals surface area contributed by atoms with Gasteiger partial charge in [0, 0.05) is 26.5 Å². The third-order valence-electron chi connectivity index (χ3n) is 1.48. The molecule has 11 heavy (non-hydrogen) atoms. The Balaban J connectivity index is 2.50. The number of nitrogens with zero attached hydrogens (tertiary/aromatic N) is 2. The highest BCUT2D eigenvalue weighted by Gasteiger charge is 2.02. The number of aromatic nitrogens is 1. The molecule has 1 rings (SSSR count). The van der Waals surface area contributed by atoms with Crippen molar-refractivity contribution in [3.63, 3.8) is 0 Å². The molecule has 0 bridgehead atoms. The van der Waals surface area contributed by atoms with Gasteiger partial charge in [0.25, 0.3) is 0 Å². The van der Waals surface area contributed by atoms with E-state index in [1.807, 2.05) is 29.1 Å². The number of carbonyl (C=O) groups is 1. The SMILES string of the molecule is CN(C)C(=O)Cn1cccc1. The van der Waals surface area contributed by atoms with Gasteiger partial charge in [-0.1, -0.05) is 0 Å². The molecule has 60 valence electrons. The van der Waals surface area contributed by atoms with Crippen LogP contribution in [-0.4, -0.2) is 29.5 Å². The minimum atomic E-state index is 0.112. The highest BCUT2D eigenvalue weighted by Crippen LogP contribution is 1.91. The second kappa shape index (κ2) is 3.23. The van der Waals surface area contributed by atoms with Crippen LogP contribution in [0, 0.1) is 0 Å². The Hall–Kier alpha value is -1.25. The first kappa shape index (κ1) is 7.85. The Morgan fingerprint density at radius 2 is 1.91 bits per heavy atom. The number of carbonyl (C=O) groups excluding carboxylic acids is 1. The molecule has 0 spiro atoms. The molecule has 0 N–H and O–H groups in total. The van der Waals surface area contributed by atoms with E-state index in [0.717, 1.165) is 0 Å². The van der Waals surface area contributed by atoms with E-state index in [-0.39, 0.29) is 5.91 Å². The average Bonchev–Trinajstić information content (AvgIpc) is 2.39. The van der Waals surface area contributed by atoms with Gasteiger partial charge in [-0.05, 0) is 12.1 Å². The maximum atomic E-state index is 11.1. The number of rotatable bonds is 2. The molecule has 1 amide bonds. The van der Waals surface area contributed by atoms with Crippen molar-refractivity contribution in [1.29, 1.82) is 0 Å². The molecule has 0 saturated heterocycles. The molecular formula is C8H12N2O. The molecule has 3 nitrogen and oxygen atoms in total. The zero-order valence-corrected chi connectivity index (χ0v) is 6.82. The largest absolute Gasteiger partial charge is 0.347 e. The van der Waals surface area contributed by atoms with E-state index in [0.29, 0.717) is 6.54 Å². The van der Waals surface area contributed by atoms with Crippen LogP contribution in [0.1, 0.15) is 0 Å². The molecule has 1 aromatic rings. The molecule has 0 radical (unpaired) electrons. The molecule has 0 fully saturated rings. The number of hydrogen-bond donors (Lipinski definition) is 0. The lowest BCUT2D eigenvalue weighted by Gasteiger charge is -2.09. The van der Waals surface area contributed by atoms with Gasteiger partial charge < -0.3 is 9.47 Å². The van der Waals surface area contributed by atoms with Crippen LogP contribution >= 0.6 is 0 Å². The van der Waals surface area contributed by atoms with Gasteiger partial charge >= 0.3 is 0 Å². The highest BCUT2D eigenvalue weighted by atomic mass is 16.2. The van der Waals surface area contributed by atoms with Gasteiger partial charge in [0.2, 0.25) is 5.91 Å². The summed E-state index contributed by atoms with van der Waals surface area (Å²) in [6.45, 7) is 0.431. The zero-order chi connectivity index (χ0) is 8.27. The lowest BCUT2D eigenvalue weighted by atomic mass is 10.5. The summed E-state index contributed by atoms with van der Waals surface area (Å²) in [6, 6.07) is 3.81. The Kier molecular flexibility index (Phi) is 2.31. The second-order valence-corrected chi connectivity index (χ2v) is 2.64. The number of hydrogen-bond acceptors (Lipinski definition) is 1. The van der Waals surface area contributed by atoms with E-state index in [9.17, 15) is 4.79 Å². The lowest BCUT2D eigenvalue weighted by Crippen LogP contribution is -2.25. The molecular weight excluding hydrogens is 140 g/mol. The van der Waals surface area contributed by atoms with Crippen LogP contribution in [0.25, 0.3) is 0 Å². The van der Waals surface area contributed by atoms with E-state index in [1.165, 1.54) is 0 Å². The van der Waals surface area contributed by atoms with Crippen molar-refractivity contribution in [2.75, 3.05) is 14.1 Å². The third kappa shape index (κ3) is 2.11. The first-order valence-electron chi connectivity index (χ1n) is 3.51. The Bertz CT molecular complexity index is 226. The highest BCUT2D eigenvalue weighted by molar-refractivity contribution is 5.75. The van der Waals surface area contributed by atoms with Gasteiger partial charge in [0.15, 0.2) is 0 Å². The summed E-state index contributed by atoms with van der Waals surface area (Å²) in [4.78, 5) is 12.7. The van der Waals surface area contributed by atoms with Crippen LogP contribution < -0.4 is 0 Å². The molecule has 0 saturated carbocycles. The Morgan fingerprint density at radius 3 is 2.36 bits per heavy atom.